The van der Waals surface area contributed by atoms with Gasteiger partial charge in [-0.2, -0.15) is 0 Å². The Bertz CT molecular complexity index is 539. The predicted molar refractivity (Wildman–Crippen MR) is 110 cm³/mol. The van der Waals surface area contributed by atoms with Crippen molar-refractivity contribution in [2.75, 3.05) is 45.7 Å². The fraction of sp³-hybridized carbons (Fsp3) is 0.588. The first-order valence-electron chi connectivity index (χ1n) is 8.13. The summed E-state index contributed by atoms with van der Waals surface area (Å²) in [6.07, 6.45) is 2.61. The van der Waals surface area contributed by atoms with Gasteiger partial charge >= 0.3 is 0 Å². The van der Waals surface area contributed by atoms with E-state index in [-0.39, 0.29) is 24.0 Å². The third-order valence-electron chi connectivity index (χ3n) is 4.11. The zero-order valence-corrected chi connectivity index (χ0v) is 17.1. The van der Waals surface area contributed by atoms with Crippen molar-refractivity contribution in [3.05, 3.63) is 18.2 Å². The van der Waals surface area contributed by atoms with Crippen LogP contribution in [0.4, 0.5) is 5.69 Å². The molecule has 0 aromatic heterocycles. The third-order valence-corrected chi connectivity index (χ3v) is 4.11. The molecule has 1 atom stereocenters. The first kappa shape index (κ1) is 20.8. The molecule has 3 N–H and O–H groups in total. The van der Waals surface area contributed by atoms with E-state index in [2.05, 4.69) is 22.1 Å². The Morgan fingerprint density at radius 3 is 2.83 bits per heavy atom. The lowest BCUT2D eigenvalue weighted by Crippen LogP contribution is -2.36. The molecular weight excluding hydrogens is 419 g/mol. The number of nitrogens with zero attached hydrogens (tertiary/aromatic N) is 2. The number of halogens is 1. The Hall–Kier alpha value is -1.22. The normalized spacial score (nSPS) is 18.6. The van der Waals surface area contributed by atoms with Gasteiger partial charge in [-0.3, -0.25) is 4.99 Å². The van der Waals surface area contributed by atoms with E-state index in [1.165, 1.54) is 12.8 Å². The van der Waals surface area contributed by atoms with Crippen LogP contribution < -0.4 is 20.5 Å². The highest BCUT2D eigenvalue weighted by atomic mass is 127. The highest BCUT2D eigenvalue weighted by Gasteiger charge is 2.15. The van der Waals surface area contributed by atoms with Gasteiger partial charge in [-0.05, 0) is 37.4 Å². The lowest BCUT2D eigenvalue weighted by molar-refractivity contribution is 0.189. The number of methoxy groups -OCH3 is 2. The summed E-state index contributed by atoms with van der Waals surface area (Å²) in [6.45, 7) is 6.27. The molecule has 6 nitrogen and oxygen atoms in total. The van der Waals surface area contributed by atoms with Gasteiger partial charge in [-0.15, -0.1) is 24.0 Å². The second kappa shape index (κ2) is 10.6. The van der Waals surface area contributed by atoms with Crippen molar-refractivity contribution in [3.8, 4) is 11.5 Å². The van der Waals surface area contributed by atoms with Crippen molar-refractivity contribution in [2.24, 2.45) is 16.6 Å². The molecule has 1 aromatic rings. The van der Waals surface area contributed by atoms with Crippen LogP contribution in [0.15, 0.2) is 23.2 Å². The molecule has 0 radical (unpaired) electrons. The summed E-state index contributed by atoms with van der Waals surface area (Å²) in [7, 11) is 3.25. The van der Waals surface area contributed by atoms with E-state index in [4.69, 9.17) is 15.2 Å². The van der Waals surface area contributed by atoms with Crippen LogP contribution in [-0.2, 0) is 0 Å². The van der Waals surface area contributed by atoms with Gasteiger partial charge < -0.3 is 25.4 Å². The number of rotatable bonds is 6. The summed E-state index contributed by atoms with van der Waals surface area (Å²) in [4.78, 5) is 6.87. The van der Waals surface area contributed by atoms with Crippen molar-refractivity contribution < 1.29 is 9.47 Å². The number of piperidine rings is 1. The van der Waals surface area contributed by atoms with Crippen molar-refractivity contribution in [1.82, 2.24) is 4.90 Å². The Kier molecular flexibility index (Phi) is 9.20. The molecule has 0 bridgehead atoms. The van der Waals surface area contributed by atoms with Crippen LogP contribution in [0.2, 0.25) is 0 Å². The molecule has 7 heteroatoms. The summed E-state index contributed by atoms with van der Waals surface area (Å²) in [5.74, 6) is 2.61. The van der Waals surface area contributed by atoms with Crippen LogP contribution in [0, 0.1) is 5.92 Å². The summed E-state index contributed by atoms with van der Waals surface area (Å²) in [6, 6.07) is 5.52. The Labute approximate surface area is 161 Å². The number of ether oxygens (including phenoxy) is 2. The van der Waals surface area contributed by atoms with Crippen LogP contribution in [0.25, 0.3) is 0 Å². The van der Waals surface area contributed by atoms with Crippen molar-refractivity contribution in [2.45, 2.75) is 19.8 Å². The van der Waals surface area contributed by atoms with Gasteiger partial charge in [0.05, 0.1) is 26.5 Å². The molecule has 0 aliphatic carbocycles. The molecule has 1 fully saturated rings. The Morgan fingerprint density at radius 1 is 1.38 bits per heavy atom. The fourth-order valence-electron chi connectivity index (χ4n) is 2.89. The average Bonchev–Trinajstić information content (AvgIpc) is 2.55. The maximum absolute atomic E-state index is 5.99. The molecule has 24 heavy (non-hydrogen) atoms. The molecule has 136 valence electrons. The molecule has 0 spiro atoms. The molecule has 1 unspecified atom stereocenters. The lowest BCUT2D eigenvalue weighted by Gasteiger charge is -2.30. The Balaban J connectivity index is 0.00000288. The summed E-state index contributed by atoms with van der Waals surface area (Å²) in [5, 5.41) is 3.09. The van der Waals surface area contributed by atoms with E-state index in [0.29, 0.717) is 18.3 Å². The maximum Gasteiger partial charge on any atom is 0.193 e. The molecule has 1 saturated heterocycles. The van der Waals surface area contributed by atoms with Gasteiger partial charge in [0.25, 0.3) is 0 Å². The number of hydrogen-bond acceptors (Lipinski definition) is 4. The summed E-state index contributed by atoms with van der Waals surface area (Å²) < 4.78 is 10.5. The third kappa shape index (κ3) is 6.35. The highest BCUT2D eigenvalue weighted by molar-refractivity contribution is 14.0. The van der Waals surface area contributed by atoms with Crippen molar-refractivity contribution in [1.29, 1.82) is 0 Å². The number of likely N-dealkylation sites (tertiary alicyclic amines) is 1. The first-order chi connectivity index (χ1) is 11.1. The number of aliphatic imine (C=N–C) groups is 1. The number of hydrogen-bond donors (Lipinski definition) is 2. The number of anilines is 1. The van der Waals surface area contributed by atoms with E-state index in [1.54, 1.807) is 14.2 Å². The van der Waals surface area contributed by atoms with Gasteiger partial charge in [0, 0.05) is 19.2 Å². The molecule has 1 aromatic carbocycles. The average molecular weight is 448 g/mol. The summed E-state index contributed by atoms with van der Waals surface area (Å²) in [5.41, 5.74) is 6.74. The lowest BCUT2D eigenvalue weighted by atomic mass is 10.0. The van der Waals surface area contributed by atoms with Crippen LogP contribution in [0.1, 0.15) is 19.8 Å². The Morgan fingerprint density at radius 2 is 2.17 bits per heavy atom. The number of nitrogens with two attached hydrogens (primary N) is 1. The quantitative estimate of drug-likeness (QED) is 0.398. The van der Waals surface area contributed by atoms with Crippen LogP contribution in [0.3, 0.4) is 0 Å². The molecule has 1 heterocycles. The zero-order chi connectivity index (χ0) is 16.7. The minimum absolute atomic E-state index is 0. The molecule has 2 rings (SSSR count). The van der Waals surface area contributed by atoms with Gasteiger partial charge in [0.15, 0.2) is 5.96 Å². The molecule has 1 aliphatic rings. The van der Waals surface area contributed by atoms with Gasteiger partial charge in [-0.1, -0.05) is 6.92 Å². The van der Waals surface area contributed by atoms with E-state index in [9.17, 15) is 0 Å². The van der Waals surface area contributed by atoms with E-state index in [0.717, 1.165) is 37.0 Å². The van der Waals surface area contributed by atoms with Crippen molar-refractivity contribution >= 4 is 35.6 Å². The van der Waals surface area contributed by atoms with Crippen LogP contribution >= 0.6 is 24.0 Å². The molecule has 0 amide bonds. The highest BCUT2D eigenvalue weighted by Crippen LogP contribution is 2.28. The fourth-order valence-corrected chi connectivity index (χ4v) is 2.89. The van der Waals surface area contributed by atoms with E-state index in [1.807, 2.05) is 18.2 Å². The topological polar surface area (TPSA) is 72.1 Å². The van der Waals surface area contributed by atoms with E-state index < -0.39 is 0 Å². The second-order valence-electron chi connectivity index (χ2n) is 6.01. The zero-order valence-electron chi connectivity index (χ0n) is 14.7. The standard InChI is InChI=1S/C17H28N4O2.HI/c1-13-5-4-9-21(12-13)10-8-19-17(18)20-15-11-14(22-2)6-7-16(15)23-3;/h6-7,11,13H,4-5,8-10,12H2,1-3H3,(H3,18,19,20);1H. The van der Waals surface area contributed by atoms with Crippen LogP contribution in [-0.4, -0.2) is 51.3 Å². The van der Waals surface area contributed by atoms with E-state index >= 15 is 0 Å². The van der Waals surface area contributed by atoms with Gasteiger partial charge in [0.1, 0.15) is 11.5 Å². The number of guanidine groups is 1. The number of nitrogens with one attached hydrogen (secondary N) is 1. The summed E-state index contributed by atoms with van der Waals surface area (Å²) >= 11 is 0. The molecule has 0 saturated carbocycles. The molecule has 1 aliphatic heterocycles. The largest absolute Gasteiger partial charge is 0.497 e. The van der Waals surface area contributed by atoms with Crippen molar-refractivity contribution in [3.63, 3.8) is 0 Å². The van der Waals surface area contributed by atoms with Gasteiger partial charge in [0.2, 0.25) is 0 Å². The number of benzene rings is 1. The SMILES string of the molecule is COc1ccc(OC)c(NC(N)=NCCN2CCCC(C)C2)c1.I. The first-order valence-corrected chi connectivity index (χ1v) is 8.13. The second-order valence-corrected chi connectivity index (χ2v) is 6.01. The minimum Gasteiger partial charge on any atom is -0.497 e. The monoisotopic (exact) mass is 448 g/mol. The smallest absolute Gasteiger partial charge is 0.193 e. The molecular formula is C17H29IN4O2. The van der Waals surface area contributed by atoms with Crippen LogP contribution in [0.5, 0.6) is 11.5 Å². The van der Waals surface area contributed by atoms with Gasteiger partial charge in [-0.25, -0.2) is 0 Å². The maximum atomic E-state index is 5.99. The predicted octanol–water partition coefficient (Wildman–Crippen LogP) is 2.78. The minimum atomic E-state index is 0.